The number of hydrogen-bond acceptors (Lipinski definition) is 8. The maximum absolute atomic E-state index is 12.8. The van der Waals surface area contributed by atoms with E-state index in [9.17, 15) is 9.50 Å². The molecule has 1 atom stereocenters. The van der Waals surface area contributed by atoms with Gasteiger partial charge in [0.15, 0.2) is 4.34 Å². The summed E-state index contributed by atoms with van der Waals surface area (Å²) in [6.07, 6.45) is -0.682. The lowest BCUT2D eigenvalue weighted by Gasteiger charge is -2.11. The fourth-order valence-corrected chi connectivity index (χ4v) is 3.79. The van der Waals surface area contributed by atoms with Gasteiger partial charge in [-0.15, -0.1) is 10.2 Å². The standard InChI is InChI=1S/C18H18FN3O3S2/c1-24-16-4-2-3-13(9-16)20-17-21-22-18(27-17)26-11-14(23)10-25-15-7-5-12(19)6-8-15/h2-9,14,23H,10-11H2,1H3,(H,20,21). The summed E-state index contributed by atoms with van der Waals surface area (Å²) >= 11 is 2.79. The van der Waals surface area contributed by atoms with Crippen LogP contribution >= 0.6 is 23.1 Å². The zero-order valence-corrected chi connectivity index (χ0v) is 16.1. The number of rotatable bonds is 9. The van der Waals surface area contributed by atoms with Gasteiger partial charge in [-0.05, 0) is 36.4 Å². The zero-order chi connectivity index (χ0) is 19.1. The second-order valence-electron chi connectivity index (χ2n) is 5.46. The van der Waals surface area contributed by atoms with Crippen LogP contribution < -0.4 is 14.8 Å². The minimum Gasteiger partial charge on any atom is -0.497 e. The Morgan fingerprint density at radius 1 is 1.19 bits per heavy atom. The van der Waals surface area contributed by atoms with Crippen LogP contribution in [0.3, 0.4) is 0 Å². The number of hydrogen-bond donors (Lipinski definition) is 2. The molecule has 0 aliphatic carbocycles. The Morgan fingerprint density at radius 3 is 2.78 bits per heavy atom. The van der Waals surface area contributed by atoms with Crippen LogP contribution in [0.25, 0.3) is 0 Å². The van der Waals surface area contributed by atoms with Crippen LogP contribution in [0.2, 0.25) is 0 Å². The van der Waals surface area contributed by atoms with E-state index >= 15 is 0 Å². The molecule has 27 heavy (non-hydrogen) atoms. The topological polar surface area (TPSA) is 76.5 Å². The van der Waals surface area contributed by atoms with Crippen molar-refractivity contribution >= 4 is 33.9 Å². The SMILES string of the molecule is COc1cccc(Nc2nnc(SCC(O)COc3ccc(F)cc3)s2)c1. The van der Waals surface area contributed by atoms with Gasteiger partial charge in [0, 0.05) is 17.5 Å². The number of aliphatic hydroxyl groups is 1. The first-order valence-electron chi connectivity index (χ1n) is 8.06. The molecule has 9 heteroatoms. The Morgan fingerprint density at radius 2 is 2.00 bits per heavy atom. The van der Waals surface area contributed by atoms with Gasteiger partial charge in [-0.2, -0.15) is 0 Å². The molecule has 142 valence electrons. The van der Waals surface area contributed by atoms with Crippen molar-refractivity contribution in [2.75, 3.05) is 24.8 Å². The van der Waals surface area contributed by atoms with Crippen molar-refractivity contribution in [1.29, 1.82) is 0 Å². The van der Waals surface area contributed by atoms with Crippen LogP contribution in [0.4, 0.5) is 15.2 Å². The van der Waals surface area contributed by atoms with Crippen LogP contribution in [0.5, 0.6) is 11.5 Å². The second-order valence-corrected chi connectivity index (χ2v) is 7.70. The fourth-order valence-electron chi connectivity index (χ4n) is 2.08. The number of nitrogens with zero attached hydrogens (tertiary/aromatic N) is 2. The molecule has 3 aromatic rings. The van der Waals surface area contributed by atoms with E-state index in [-0.39, 0.29) is 12.4 Å². The van der Waals surface area contributed by atoms with Crippen LogP contribution in [-0.2, 0) is 0 Å². The van der Waals surface area contributed by atoms with E-state index in [0.29, 0.717) is 16.6 Å². The number of ether oxygens (including phenoxy) is 2. The summed E-state index contributed by atoms with van der Waals surface area (Å²) in [5.41, 5.74) is 0.856. The molecule has 3 rings (SSSR count). The van der Waals surface area contributed by atoms with Gasteiger partial charge in [-0.1, -0.05) is 29.2 Å². The predicted molar refractivity (Wildman–Crippen MR) is 105 cm³/mol. The molecule has 0 amide bonds. The van der Waals surface area contributed by atoms with E-state index in [1.807, 2.05) is 24.3 Å². The Bertz CT molecular complexity index is 861. The quantitative estimate of drug-likeness (QED) is 0.520. The van der Waals surface area contributed by atoms with Crippen LogP contribution in [0, 0.1) is 5.82 Å². The van der Waals surface area contributed by atoms with Gasteiger partial charge in [-0.3, -0.25) is 0 Å². The molecule has 0 bridgehead atoms. The van der Waals surface area contributed by atoms with Crippen molar-refractivity contribution < 1.29 is 19.0 Å². The molecule has 1 unspecified atom stereocenters. The number of halogens is 1. The van der Waals surface area contributed by atoms with E-state index in [0.717, 1.165) is 15.8 Å². The smallest absolute Gasteiger partial charge is 0.210 e. The van der Waals surface area contributed by atoms with Crippen molar-refractivity contribution in [3.8, 4) is 11.5 Å². The third kappa shape index (κ3) is 6.09. The van der Waals surface area contributed by atoms with Gasteiger partial charge in [0.2, 0.25) is 5.13 Å². The number of nitrogens with one attached hydrogen (secondary N) is 1. The zero-order valence-electron chi connectivity index (χ0n) is 14.5. The third-order valence-electron chi connectivity index (χ3n) is 3.38. The van der Waals surface area contributed by atoms with Crippen LogP contribution in [0.1, 0.15) is 0 Å². The van der Waals surface area contributed by atoms with Crippen molar-refractivity contribution in [3.05, 3.63) is 54.3 Å². The summed E-state index contributed by atoms with van der Waals surface area (Å²) in [5.74, 6) is 1.35. The summed E-state index contributed by atoms with van der Waals surface area (Å²) in [4.78, 5) is 0. The minimum atomic E-state index is -0.682. The first kappa shape index (κ1) is 19.4. The van der Waals surface area contributed by atoms with Gasteiger partial charge >= 0.3 is 0 Å². The highest BCUT2D eigenvalue weighted by Crippen LogP contribution is 2.29. The highest BCUT2D eigenvalue weighted by atomic mass is 32.2. The molecule has 0 aliphatic heterocycles. The number of methoxy groups -OCH3 is 1. The first-order valence-corrected chi connectivity index (χ1v) is 9.86. The Labute approximate surface area is 164 Å². The lowest BCUT2D eigenvalue weighted by molar-refractivity contribution is 0.126. The van der Waals surface area contributed by atoms with E-state index in [2.05, 4.69) is 15.5 Å². The largest absolute Gasteiger partial charge is 0.497 e. The molecular weight excluding hydrogens is 389 g/mol. The molecule has 2 N–H and O–H groups in total. The molecule has 0 fully saturated rings. The number of thioether (sulfide) groups is 1. The van der Waals surface area contributed by atoms with E-state index in [1.165, 1.54) is 47.4 Å². The van der Waals surface area contributed by atoms with Gasteiger partial charge in [0.25, 0.3) is 0 Å². The highest BCUT2D eigenvalue weighted by Gasteiger charge is 2.10. The van der Waals surface area contributed by atoms with Crippen molar-refractivity contribution in [3.63, 3.8) is 0 Å². The maximum atomic E-state index is 12.8. The van der Waals surface area contributed by atoms with Gasteiger partial charge in [0.05, 0.1) is 13.2 Å². The van der Waals surface area contributed by atoms with E-state index < -0.39 is 6.10 Å². The minimum absolute atomic E-state index is 0.117. The molecule has 0 saturated carbocycles. The number of anilines is 2. The lowest BCUT2D eigenvalue weighted by Crippen LogP contribution is -2.20. The molecule has 1 heterocycles. The monoisotopic (exact) mass is 407 g/mol. The highest BCUT2D eigenvalue weighted by molar-refractivity contribution is 8.01. The van der Waals surface area contributed by atoms with Crippen molar-refractivity contribution in [1.82, 2.24) is 10.2 Å². The summed E-state index contributed by atoms with van der Waals surface area (Å²) in [7, 11) is 1.61. The molecular formula is C18H18FN3O3S2. The van der Waals surface area contributed by atoms with Gasteiger partial charge in [-0.25, -0.2) is 4.39 Å². The Hall–Kier alpha value is -2.36. The van der Waals surface area contributed by atoms with Gasteiger partial charge < -0.3 is 19.9 Å². The second kappa shape index (κ2) is 9.54. The molecule has 0 saturated heterocycles. The van der Waals surface area contributed by atoms with Crippen LogP contribution in [0.15, 0.2) is 52.9 Å². The van der Waals surface area contributed by atoms with Crippen LogP contribution in [-0.4, -0.2) is 40.9 Å². The molecule has 0 aliphatic rings. The third-order valence-corrected chi connectivity index (χ3v) is 5.50. The molecule has 0 spiro atoms. The number of aliphatic hydroxyl groups excluding tert-OH is 1. The summed E-state index contributed by atoms with van der Waals surface area (Å²) in [6, 6.07) is 13.2. The lowest BCUT2D eigenvalue weighted by atomic mass is 10.3. The molecule has 0 radical (unpaired) electrons. The summed E-state index contributed by atoms with van der Waals surface area (Å²) in [5, 5.41) is 22.1. The Kier molecular flexibility index (Phi) is 6.86. The first-order chi connectivity index (χ1) is 13.1. The van der Waals surface area contributed by atoms with Crippen molar-refractivity contribution in [2.24, 2.45) is 0 Å². The number of benzene rings is 2. The van der Waals surface area contributed by atoms with E-state index in [1.54, 1.807) is 7.11 Å². The molecule has 1 aromatic heterocycles. The fraction of sp³-hybridized carbons (Fsp3) is 0.222. The average molecular weight is 407 g/mol. The summed E-state index contributed by atoms with van der Waals surface area (Å²) < 4.78 is 24.2. The predicted octanol–water partition coefficient (Wildman–Crippen LogP) is 3.96. The van der Waals surface area contributed by atoms with Gasteiger partial charge in [0.1, 0.15) is 23.9 Å². The van der Waals surface area contributed by atoms with E-state index in [4.69, 9.17) is 9.47 Å². The molecule has 2 aromatic carbocycles. The number of aromatic nitrogens is 2. The average Bonchev–Trinajstić information content (AvgIpc) is 3.13. The Balaban J connectivity index is 1.45. The normalized spacial score (nSPS) is 11.8. The summed E-state index contributed by atoms with van der Waals surface area (Å²) in [6.45, 7) is 0.117. The van der Waals surface area contributed by atoms with Crippen molar-refractivity contribution in [2.45, 2.75) is 10.4 Å². The molecule has 6 nitrogen and oxygen atoms in total. The maximum Gasteiger partial charge on any atom is 0.210 e.